The smallest absolute Gasteiger partial charge is 0.240 e. The van der Waals surface area contributed by atoms with Gasteiger partial charge >= 0.3 is 0 Å². The maximum absolute atomic E-state index is 10.6. The first-order chi connectivity index (χ1) is 4.74. The highest BCUT2D eigenvalue weighted by molar-refractivity contribution is 5.89. The van der Waals surface area contributed by atoms with Crippen LogP contribution in [0.3, 0.4) is 0 Å². The van der Waals surface area contributed by atoms with E-state index in [1.807, 2.05) is 6.92 Å². The Kier molecular flexibility index (Phi) is 1.75. The minimum absolute atomic E-state index is 0.153. The van der Waals surface area contributed by atoms with Gasteiger partial charge in [-0.15, -0.1) is 10.2 Å². The molecule has 0 fully saturated rings. The zero-order valence-electron chi connectivity index (χ0n) is 5.90. The van der Waals surface area contributed by atoms with E-state index < -0.39 is 0 Å². The van der Waals surface area contributed by atoms with Gasteiger partial charge in [-0.2, -0.15) is 4.80 Å². The van der Waals surface area contributed by atoms with Crippen LogP contribution < -0.4 is 0 Å². The van der Waals surface area contributed by atoms with E-state index in [-0.39, 0.29) is 11.6 Å². The Balaban J connectivity index is 2.88. The maximum Gasteiger partial charge on any atom is 0.240 e. The standard InChI is InChI=1S/C5H8N4O/c1-3-9-7-5(4(2)10)6-8-9/h3H2,1-2H3. The van der Waals surface area contributed by atoms with Gasteiger partial charge in [0.2, 0.25) is 11.6 Å². The molecule has 0 saturated heterocycles. The van der Waals surface area contributed by atoms with Gasteiger partial charge in [-0.1, -0.05) is 0 Å². The molecule has 0 aliphatic carbocycles. The van der Waals surface area contributed by atoms with Crippen LogP contribution in [0.5, 0.6) is 0 Å². The van der Waals surface area contributed by atoms with Crippen LogP contribution in [0, 0.1) is 0 Å². The van der Waals surface area contributed by atoms with Crippen LogP contribution in [0.1, 0.15) is 24.5 Å². The van der Waals surface area contributed by atoms with Crippen molar-refractivity contribution in [2.24, 2.45) is 0 Å². The number of hydrogen-bond donors (Lipinski definition) is 0. The van der Waals surface area contributed by atoms with Crippen molar-refractivity contribution >= 4 is 5.78 Å². The Hall–Kier alpha value is -1.26. The highest BCUT2D eigenvalue weighted by Crippen LogP contribution is 1.86. The third-order valence-electron chi connectivity index (χ3n) is 1.05. The summed E-state index contributed by atoms with van der Waals surface area (Å²) in [5.74, 6) is 0.0292. The van der Waals surface area contributed by atoms with Gasteiger partial charge in [-0.05, 0) is 12.1 Å². The van der Waals surface area contributed by atoms with E-state index in [4.69, 9.17) is 0 Å². The molecule has 0 unspecified atom stereocenters. The Morgan fingerprint density at radius 1 is 1.70 bits per heavy atom. The predicted octanol–water partition coefficient (Wildman–Crippen LogP) is -0.104. The molecule has 0 atom stereocenters. The molecule has 0 spiro atoms. The number of nitrogens with zero attached hydrogens (tertiary/aromatic N) is 4. The molecule has 1 aromatic heterocycles. The molecule has 10 heavy (non-hydrogen) atoms. The van der Waals surface area contributed by atoms with Crippen molar-refractivity contribution in [3.05, 3.63) is 5.82 Å². The van der Waals surface area contributed by atoms with Gasteiger partial charge in [0.05, 0.1) is 6.54 Å². The van der Waals surface area contributed by atoms with E-state index >= 15 is 0 Å². The van der Waals surface area contributed by atoms with Crippen LogP contribution >= 0.6 is 0 Å². The van der Waals surface area contributed by atoms with Crippen molar-refractivity contribution < 1.29 is 4.79 Å². The minimum atomic E-state index is -0.153. The summed E-state index contributed by atoms with van der Waals surface area (Å²) in [5, 5.41) is 10.9. The predicted molar refractivity (Wildman–Crippen MR) is 33.5 cm³/mol. The van der Waals surface area contributed by atoms with Crippen molar-refractivity contribution in [2.45, 2.75) is 20.4 Å². The van der Waals surface area contributed by atoms with E-state index in [9.17, 15) is 4.79 Å². The molecule has 5 nitrogen and oxygen atoms in total. The van der Waals surface area contributed by atoms with E-state index in [1.54, 1.807) is 0 Å². The molecule has 0 aromatic carbocycles. The van der Waals surface area contributed by atoms with Gasteiger partial charge in [0, 0.05) is 6.92 Å². The Bertz CT molecular complexity index is 242. The lowest BCUT2D eigenvalue weighted by Gasteiger charge is -1.84. The number of tetrazole rings is 1. The first kappa shape index (κ1) is 6.85. The molecule has 1 heterocycles. The van der Waals surface area contributed by atoms with Gasteiger partial charge in [0.25, 0.3) is 0 Å². The van der Waals surface area contributed by atoms with Gasteiger partial charge in [0.1, 0.15) is 0 Å². The summed E-state index contributed by atoms with van der Waals surface area (Å²) in [6.45, 7) is 3.93. The van der Waals surface area contributed by atoms with Gasteiger partial charge in [-0.25, -0.2) is 0 Å². The number of ketones is 1. The number of carbonyl (C=O) groups is 1. The van der Waals surface area contributed by atoms with Crippen LogP contribution in [-0.2, 0) is 6.54 Å². The summed E-state index contributed by atoms with van der Waals surface area (Å²) in [6, 6.07) is 0. The number of rotatable bonds is 2. The van der Waals surface area contributed by atoms with E-state index in [0.29, 0.717) is 6.54 Å². The van der Waals surface area contributed by atoms with Crippen LogP contribution in [-0.4, -0.2) is 26.0 Å². The first-order valence-corrected chi connectivity index (χ1v) is 3.02. The van der Waals surface area contributed by atoms with Crippen LogP contribution in [0.4, 0.5) is 0 Å². The number of Topliss-reactive ketones (excluding diaryl/α,β-unsaturated/α-hetero) is 1. The molecular weight excluding hydrogens is 132 g/mol. The van der Waals surface area contributed by atoms with Crippen LogP contribution in [0.15, 0.2) is 0 Å². The zero-order valence-corrected chi connectivity index (χ0v) is 5.90. The van der Waals surface area contributed by atoms with Gasteiger partial charge in [-0.3, -0.25) is 4.79 Å². The lowest BCUT2D eigenvalue weighted by molar-refractivity contribution is 0.100. The average molecular weight is 140 g/mol. The molecule has 0 aliphatic heterocycles. The lowest BCUT2D eigenvalue weighted by atomic mass is 10.4. The molecule has 0 saturated carbocycles. The molecule has 0 radical (unpaired) electrons. The van der Waals surface area contributed by atoms with Crippen molar-refractivity contribution in [3.63, 3.8) is 0 Å². The lowest BCUT2D eigenvalue weighted by Crippen LogP contribution is -2.00. The van der Waals surface area contributed by atoms with Crippen LogP contribution in [0.25, 0.3) is 0 Å². The van der Waals surface area contributed by atoms with E-state index in [2.05, 4.69) is 15.4 Å². The number of carbonyl (C=O) groups excluding carboxylic acids is 1. The molecule has 1 rings (SSSR count). The molecule has 0 bridgehead atoms. The van der Waals surface area contributed by atoms with Crippen molar-refractivity contribution in [1.82, 2.24) is 20.2 Å². The molecule has 1 aromatic rings. The first-order valence-electron chi connectivity index (χ1n) is 3.02. The third-order valence-corrected chi connectivity index (χ3v) is 1.05. The molecular formula is C5H8N4O. The van der Waals surface area contributed by atoms with E-state index in [0.717, 1.165) is 0 Å². The second kappa shape index (κ2) is 2.55. The Morgan fingerprint density at radius 3 is 2.70 bits per heavy atom. The maximum atomic E-state index is 10.6. The fourth-order valence-corrected chi connectivity index (χ4v) is 0.518. The number of aryl methyl sites for hydroxylation is 1. The largest absolute Gasteiger partial charge is 0.291 e. The zero-order chi connectivity index (χ0) is 7.56. The van der Waals surface area contributed by atoms with E-state index in [1.165, 1.54) is 11.7 Å². The van der Waals surface area contributed by atoms with Gasteiger partial charge < -0.3 is 0 Å². The molecule has 5 heteroatoms. The van der Waals surface area contributed by atoms with Crippen LogP contribution in [0.2, 0.25) is 0 Å². The molecule has 0 amide bonds. The third kappa shape index (κ3) is 1.18. The summed E-state index contributed by atoms with van der Waals surface area (Å²) in [5.41, 5.74) is 0. The average Bonchev–Trinajstić information content (AvgIpc) is 2.34. The second-order valence-corrected chi connectivity index (χ2v) is 1.86. The minimum Gasteiger partial charge on any atom is -0.291 e. The summed E-state index contributed by atoms with van der Waals surface area (Å²) in [7, 11) is 0. The van der Waals surface area contributed by atoms with Crippen molar-refractivity contribution in [2.75, 3.05) is 0 Å². The van der Waals surface area contributed by atoms with Crippen molar-refractivity contribution in [1.29, 1.82) is 0 Å². The quantitative estimate of drug-likeness (QED) is 0.538. The van der Waals surface area contributed by atoms with Gasteiger partial charge in [0.15, 0.2) is 0 Å². The normalized spacial score (nSPS) is 9.80. The fourth-order valence-electron chi connectivity index (χ4n) is 0.518. The monoisotopic (exact) mass is 140 g/mol. The summed E-state index contributed by atoms with van der Waals surface area (Å²) in [6.07, 6.45) is 0. The Labute approximate surface area is 58.0 Å². The SMILES string of the molecule is CCn1nnc(C(C)=O)n1. The Morgan fingerprint density at radius 2 is 2.40 bits per heavy atom. The molecule has 0 aliphatic rings. The molecule has 54 valence electrons. The fraction of sp³-hybridized carbons (Fsp3) is 0.600. The number of aromatic nitrogens is 4. The summed E-state index contributed by atoms with van der Waals surface area (Å²) < 4.78 is 0. The second-order valence-electron chi connectivity index (χ2n) is 1.86. The topological polar surface area (TPSA) is 60.7 Å². The number of hydrogen-bond acceptors (Lipinski definition) is 4. The summed E-state index contributed by atoms with van der Waals surface area (Å²) >= 11 is 0. The summed E-state index contributed by atoms with van der Waals surface area (Å²) in [4.78, 5) is 12.0. The highest BCUT2D eigenvalue weighted by atomic mass is 16.1. The van der Waals surface area contributed by atoms with Crippen molar-refractivity contribution in [3.8, 4) is 0 Å². The molecule has 0 N–H and O–H groups in total. The highest BCUT2D eigenvalue weighted by Gasteiger charge is 2.04.